The zero-order valence-corrected chi connectivity index (χ0v) is 8.41. The minimum absolute atomic E-state index is 0.0225. The number of thiol groups is 1. The highest BCUT2D eigenvalue weighted by Crippen LogP contribution is 2.13. The zero-order chi connectivity index (χ0) is 9.84. The first-order valence-corrected chi connectivity index (χ1v) is 4.15. The molecule has 1 amide bonds. The van der Waals surface area contributed by atoms with Gasteiger partial charge in [0, 0.05) is 32.6 Å². The zero-order valence-electron chi connectivity index (χ0n) is 7.52. The normalized spacial score (nSPS) is 9.46. The van der Waals surface area contributed by atoms with Crippen molar-refractivity contribution in [3.8, 4) is 5.75 Å². The second-order valence-electron chi connectivity index (χ2n) is 2.82. The van der Waals surface area contributed by atoms with Crippen LogP contribution >= 0.6 is 12.9 Å². The van der Waals surface area contributed by atoms with E-state index in [0.29, 0.717) is 11.3 Å². The molecule has 0 spiro atoms. The molecular formula is C9H11NO2S. The van der Waals surface area contributed by atoms with Gasteiger partial charge in [-0.3, -0.25) is 4.79 Å². The molecule has 4 heteroatoms. The Morgan fingerprint density at radius 3 is 2.23 bits per heavy atom. The predicted molar refractivity (Wildman–Crippen MR) is 54.1 cm³/mol. The molecular weight excluding hydrogens is 186 g/mol. The van der Waals surface area contributed by atoms with E-state index >= 15 is 0 Å². The molecule has 3 nitrogen and oxygen atoms in total. The number of hydrogen-bond donors (Lipinski definition) is 1. The molecule has 0 bridgehead atoms. The molecule has 0 aromatic heterocycles. The lowest BCUT2D eigenvalue weighted by Gasteiger charge is -2.09. The van der Waals surface area contributed by atoms with Crippen molar-refractivity contribution in [2.45, 2.75) is 0 Å². The van der Waals surface area contributed by atoms with Crippen molar-refractivity contribution >= 4 is 18.8 Å². The Hall–Kier alpha value is -1.16. The first kappa shape index (κ1) is 9.92. The third-order valence-electron chi connectivity index (χ3n) is 1.61. The number of rotatable bonds is 2. The van der Waals surface area contributed by atoms with Crippen LogP contribution in [0.2, 0.25) is 0 Å². The third kappa shape index (κ3) is 2.39. The van der Waals surface area contributed by atoms with Gasteiger partial charge in [-0.2, -0.15) is 0 Å². The lowest BCUT2D eigenvalue weighted by molar-refractivity contribution is 0.0827. The maximum absolute atomic E-state index is 11.4. The van der Waals surface area contributed by atoms with Crippen molar-refractivity contribution in [1.82, 2.24) is 4.90 Å². The molecule has 70 valence electrons. The predicted octanol–water partition coefficient (Wildman–Crippen LogP) is 1.61. The molecule has 0 aliphatic rings. The van der Waals surface area contributed by atoms with Crippen LogP contribution < -0.4 is 4.18 Å². The Morgan fingerprint density at radius 1 is 1.31 bits per heavy atom. The molecule has 0 fully saturated rings. The van der Waals surface area contributed by atoms with Gasteiger partial charge >= 0.3 is 0 Å². The van der Waals surface area contributed by atoms with E-state index in [4.69, 9.17) is 0 Å². The van der Waals surface area contributed by atoms with Crippen LogP contribution in [0.25, 0.3) is 0 Å². The molecule has 0 saturated heterocycles. The minimum atomic E-state index is -0.0225. The fourth-order valence-electron chi connectivity index (χ4n) is 0.917. The van der Waals surface area contributed by atoms with E-state index in [0.717, 1.165) is 0 Å². The van der Waals surface area contributed by atoms with Crippen LogP contribution in [-0.4, -0.2) is 24.9 Å². The van der Waals surface area contributed by atoms with E-state index in [1.807, 2.05) is 0 Å². The quantitative estimate of drug-likeness (QED) is 0.576. The van der Waals surface area contributed by atoms with E-state index in [-0.39, 0.29) is 5.91 Å². The SMILES string of the molecule is CN(C)C(=O)c1ccc(OS)cc1. The van der Waals surface area contributed by atoms with Gasteiger partial charge in [0.25, 0.3) is 5.91 Å². The van der Waals surface area contributed by atoms with Gasteiger partial charge in [-0.15, -0.1) is 0 Å². The summed E-state index contributed by atoms with van der Waals surface area (Å²) in [6.45, 7) is 0. The summed E-state index contributed by atoms with van der Waals surface area (Å²) in [6, 6.07) is 6.80. The molecule has 1 rings (SSSR count). The lowest BCUT2D eigenvalue weighted by atomic mass is 10.2. The topological polar surface area (TPSA) is 29.5 Å². The van der Waals surface area contributed by atoms with Crippen LogP contribution in [0, 0.1) is 0 Å². The summed E-state index contributed by atoms with van der Waals surface area (Å²) in [5.41, 5.74) is 0.638. The summed E-state index contributed by atoms with van der Waals surface area (Å²) in [7, 11) is 3.43. The van der Waals surface area contributed by atoms with Crippen LogP contribution in [0.5, 0.6) is 5.75 Å². The molecule has 0 radical (unpaired) electrons. The van der Waals surface area contributed by atoms with Crippen molar-refractivity contribution in [2.75, 3.05) is 14.1 Å². The molecule has 0 unspecified atom stereocenters. The third-order valence-corrected chi connectivity index (χ3v) is 1.82. The van der Waals surface area contributed by atoms with E-state index in [2.05, 4.69) is 17.1 Å². The summed E-state index contributed by atoms with van der Waals surface area (Å²) in [6.07, 6.45) is 0. The average molecular weight is 197 g/mol. The molecule has 1 aromatic rings. The van der Waals surface area contributed by atoms with Gasteiger partial charge in [0.05, 0.1) is 0 Å². The number of benzene rings is 1. The van der Waals surface area contributed by atoms with Gasteiger partial charge < -0.3 is 9.08 Å². The van der Waals surface area contributed by atoms with Crippen LogP contribution in [0.1, 0.15) is 10.4 Å². The Morgan fingerprint density at radius 2 is 1.85 bits per heavy atom. The van der Waals surface area contributed by atoms with Crippen molar-refractivity contribution in [3.05, 3.63) is 29.8 Å². The van der Waals surface area contributed by atoms with Crippen molar-refractivity contribution in [3.63, 3.8) is 0 Å². The standard InChI is InChI=1S/C9H11NO2S/c1-10(2)9(11)7-3-5-8(12-13)6-4-7/h3-6,13H,1-2H3. The van der Waals surface area contributed by atoms with Crippen LogP contribution in [0.3, 0.4) is 0 Å². The number of amides is 1. The molecule has 0 saturated carbocycles. The fraction of sp³-hybridized carbons (Fsp3) is 0.222. The molecule has 0 N–H and O–H groups in total. The van der Waals surface area contributed by atoms with Gasteiger partial charge in [-0.05, 0) is 24.3 Å². The van der Waals surface area contributed by atoms with Gasteiger partial charge in [0.1, 0.15) is 5.75 Å². The molecule has 1 aromatic carbocycles. The number of carbonyl (C=O) groups excluding carboxylic acids is 1. The smallest absolute Gasteiger partial charge is 0.253 e. The van der Waals surface area contributed by atoms with Crippen molar-refractivity contribution < 1.29 is 8.98 Å². The first-order valence-electron chi connectivity index (χ1n) is 3.78. The Labute approximate surface area is 82.9 Å². The monoisotopic (exact) mass is 197 g/mol. The summed E-state index contributed by atoms with van der Waals surface area (Å²) in [5, 5.41) is 0. The summed E-state index contributed by atoms with van der Waals surface area (Å²) < 4.78 is 4.68. The molecule has 0 aliphatic carbocycles. The van der Waals surface area contributed by atoms with Gasteiger partial charge in [0.2, 0.25) is 0 Å². The molecule has 0 aliphatic heterocycles. The second-order valence-corrected chi connectivity index (χ2v) is 3.00. The first-order chi connectivity index (χ1) is 6.15. The average Bonchev–Trinajstić information content (AvgIpc) is 2.17. The van der Waals surface area contributed by atoms with E-state index in [9.17, 15) is 4.79 Å². The van der Waals surface area contributed by atoms with Crippen LogP contribution in [0.4, 0.5) is 0 Å². The number of carbonyl (C=O) groups is 1. The van der Waals surface area contributed by atoms with E-state index in [1.54, 1.807) is 38.4 Å². The highest BCUT2D eigenvalue weighted by atomic mass is 32.1. The molecule has 0 heterocycles. The maximum Gasteiger partial charge on any atom is 0.253 e. The molecule has 13 heavy (non-hydrogen) atoms. The second kappa shape index (κ2) is 4.18. The van der Waals surface area contributed by atoms with Crippen LogP contribution in [-0.2, 0) is 0 Å². The number of nitrogens with zero attached hydrogens (tertiary/aromatic N) is 1. The molecule has 0 atom stereocenters. The summed E-state index contributed by atoms with van der Waals surface area (Å²) in [4.78, 5) is 12.9. The highest BCUT2D eigenvalue weighted by Gasteiger charge is 2.06. The Bertz CT molecular complexity index is 295. The van der Waals surface area contributed by atoms with E-state index < -0.39 is 0 Å². The number of hydrogen-bond acceptors (Lipinski definition) is 3. The van der Waals surface area contributed by atoms with Crippen LogP contribution in [0.15, 0.2) is 24.3 Å². The summed E-state index contributed by atoms with van der Waals surface area (Å²) in [5.74, 6) is 0.601. The van der Waals surface area contributed by atoms with E-state index in [1.165, 1.54) is 4.90 Å². The largest absolute Gasteiger partial charge is 0.429 e. The van der Waals surface area contributed by atoms with Gasteiger partial charge in [-0.1, -0.05) is 0 Å². The van der Waals surface area contributed by atoms with Crippen molar-refractivity contribution in [2.24, 2.45) is 0 Å². The minimum Gasteiger partial charge on any atom is -0.429 e. The highest BCUT2D eigenvalue weighted by molar-refractivity contribution is 7.75. The summed E-state index contributed by atoms with van der Waals surface area (Å²) >= 11 is 3.64. The van der Waals surface area contributed by atoms with Gasteiger partial charge in [0.15, 0.2) is 0 Å². The van der Waals surface area contributed by atoms with Crippen molar-refractivity contribution in [1.29, 1.82) is 0 Å². The lowest BCUT2D eigenvalue weighted by Crippen LogP contribution is -2.21. The Kier molecular flexibility index (Phi) is 3.19. The maximum atomic E-state index is 11.4. The van der Waals surface area contributed by atoms with Gasteiger partial charge in [-0.25, -0.2) is 0 Å². The fourth-order valence-corrected chi connectivity index (χ4v) is 1.04. The Balaban J connectivity index is 2.86.